The lowest BCUT2D eigenvalue weighted by atomic mass is 10.1. The van der Waals surface area contributed by atoms with Crippen LogP contribution in [0.4, 0.5) is 5.69 Å². The molecule has 0 aromatic heterocycles. The Labute approximate surface area is 109 Å². The van der Waals surface area contributed by atoms with Crippen LogP contribution in [0.1, 0.15) is 25.8 Å². The number of hydrogen-bond acceptors (Lipinski definition) is 3. The second-order valence-electron chi connectivity index (χ2n) is 4.40. The highest BCUT2D eigenvalue weighted by Gasteiger charge is 2.12. The molecule has 4 nitrogen and oxygen atoms in total. The van der Waals surface area contributed by atoms with Gasteiger partial charge in [-0.2, -0.15) is 0 Å². The van der Waals surface area contributed by atoms with Crippen molar-refractivity contribution in [1.29, 1.82) is 5.41 Å². The van der Waals surface area contributed by atoms with Crippen molar-refractivity contribution in [2.75, 3.05) is 25.2 Å². The van der Waals surface area contributed by atoms with Gasteiger partial charge in [-0.15, -0.1) is 0 Å². The third-order valence-corrected chi connectivity index (χ3v) is 3.17. The highest BCUT2D eigenvalue weighted by Crippen LogP contribution is 2.19. The molecule has 100 valence electrons. The monoisotopic (exact) mass is 249 g/mol. The van der Waals surface area contributed by atoms with Crippen LogP contribution in [0.2, 0.25) is 0 Å². The van der Waals surface area contributed by atoms with Gasteiger partial charge in [-0.1, -0.05) is 6.92 Å². The molecule has 1 atom stereocenters. The van der Waals surface area contributed by atoms with E-state index in [1.54, 1.807) is 7.11 Å². The van der Waals surface area contributed by atoms with Crippen molar-refractivity contribution < 1.29 is 4.74 Å². The molecular weight excluding hydrogens is 226 g/mol. The molecule has 3 N–H and O–H groups in total. The summed E-state index contributed by atoms with van der Waals surface area (Å²) in [5.41, 5.74) is 7.36. The van der Waals surface area contributed by atoms with E-state index in [1.165, 1.54) is 0 Å². The average molecular weight is 249 g/mol. The Balaban J connectivity index is 2.87. The second-order valence-corrected chi connectivity index (χ2v) is 4.40. The molecule has 0 aliphatic carbocycles. The smallest absolute Gasteiger partial charge is 0.122 e. The summed E-state index contributed by atoms with van der Waals surface area (Å²) < 4.78 is 5.15. The van der Waals surface area contributed by atoms with Crippen LogP contribution in [0, 0.1) is 5.41 Å². The third-order valence-electron chi connectivity index (χ3n) is 3.17. The predicted molar refractivity (Wildman–Crippen MR) is 76.4 cm³/mol. The Hall–Kier alpha value is -1.55. The molecule has 0 saturated heterocycles. The molecule has 1 rings (SSSR count). The van der Waals surface area contributed by atoms with E-state index >= 15 is 0 Å². The molecule has 0 fully saturated rings. The highest BCUT2D eigenvalue weighted by molar-refractivity contribution is 5.95. The van der Waals surface area contributed by atoms with E-state index in [0.717, 1.165) is 24.2 Å². The first-order valence-corrected chi connectivity index (χ1v) is 6.30. The van der Waals surface area contributed by atoms with Gasteiger partial charge in [0.05, 0.1) is 6.61 Å². The van der Waals surface area contributed by atoms with Gasteiger partial charge in [-0.25, -0.2) is 0 Å². The van der Waals surface area contributed by atoms with Crippen molar-refractivity contribution in [3.05, 3.63) is 29.8 Å². The van der Waals surface area contributed by atoms with Gasteiger partial charge < -0.3 is 15.4 Å². The number of amidine groups is 1. The Morgan fingerprint density at radius 1 is 1.39 bits per heavy atom. The standard InChI is InChI=1S/C14H23N3O/c1-4-11(2)17(9-10-18-3)13-7-5-12(6-8-13)14(15)16/h5-8,11H,4,9-10H2,1-3H3,(H3,15,16). The van der Waals surface area contributed by atoms with Gasteiger partial charge in [-0.05, 0) is 37.6 Å². The molecule has 4 heteroatoms. The van der Waals surface area contributed by atoms with Crippen LogP contribution in [0.5, 0.6) is 0 Å². The maximum Gasteiger partial charge on any atom is 0.122 e. The van der Waals surface area contributed by atoms with Crippen molar-refractivity contribution in [1.82, 2.24) is 0 Å². The number of hydrogen-bond donors (Lipinski definition) is 2. The Bertz CT molecular complexity index is 375. The fourth-order valence-corrected chi connectivity index (χ4v) is 1.85. The number of anilines is 1. The summed E-state index contributed by atoms with van der Waals surface area (Å²) in [6, 6.07) is 8.26. The van der Waals surface area contributed by atoms with E-state index in [9.17, 15) is 0 Å². The topological polar surface area (TPSA) is 62.3 Å². The lowest BCUT2D eigenvalue weighted by Crippen LogP contribution is -2.35. The summed E-state index contributed by atoms with van der Waals surface area (Å²) in [5, 5.41) is 7.39. The van der Waals surface area contributed by atoms with Crippen molar-refractivity contribution in [3.8, 4) is 0 Å². The van der Waals surface area contributed by atoms with E-state index in [1.807, 2.05) is 24.3 Å². The second kappa shape index (κ2) is 7.01. The van der Waals surface area contributed by atoms with Crippen LogP contribution in [0.3, 0.4) is 0 Å². The normalized spacial score (nSPS) is 12.2. The summed E-state index contributed by atoms with van der Waals surface area (Å²) in [5.74, 6) is 0.105. The number of ether oxygens (including phenoxy) is 1. The van der Waals surface area contributed by atoms with Crippen molar-refractivity contribution >= 4 is 11.5 Å². The third kappa shape index (κ3) is 3.74. The average Bonchev–Trinajstić information content (AvgIpc) is 2.39. The number of benzene rings is 1. The zero-order valence-corrected chi connectivity index (χ0v) is 11.4. The van der Waals surface area contributed by atoms with Gasteiger partial charge in [-0.3, -0.25) is 5.41 Å². The number of rotatable bonds is 7. The zero-order chi connectivity index (χ0) is 13.5. The Morgan fingerprint density at radius 2 is 2.00 bits per heavy atom. The minimum absolute atomic E-state index is 0.105. The van der Waals surface area contributed by atoms with E-state index in [-0.39, 0.29) is 5.84 Å². The van der Waals surface area contributed by atoms with E-state index in [0.29, 0.717) is 12.6 Å². The number of nitrogen functional groups attached to an aromatic ring is 1. The molecule has 0 aliphatic heterocycles. The van der Waals surface area contributed by atoms with Crippen molar-refractivity contribution in [2.24, 2.45) is 5.73 Å². The molecule has 18 heavy (non-hydrogen) atoms. The van der Waals surface area contributed by atoms with Gasteiger partial charge in [0.2, 0.25) is 0 Å². The van der Waals surface area contributed by atoms with Gasteiger partial charge in [0, 0.05) is 30.9 Å². The highest BCUT2D eigenvalue weighted by atomic mass is 16.5. The molecule has 0 heterocycles. The van der Waals surface area contributed by atoms with Crippen LogP contribution >= 0.6 is 0 Å². The molecule has 0 saturated carbocycles. The maximum atomic E-state index is 7.39. The van der Waals surface area contributed by atoms with Crippen molar-refractivity contribution in [2.45, 2.75) is 26.3 Å². The van der Waals surface area contributed by atoms with Crippen LogP contribution in [-0.4, -0.2) is 32.1 Å². The fourth-order valence-electron chi connectivity index (χ4n) is 1.85. The van der Waals surface area contributed by atoms with Gasteiger partial charge in [0.25, 0.3) is 0 Å². The molecule has 0 aliphatic rings. The number of nitrogens with zero attached hydrogens (tertiary/aromatic N) is 1. The summed E-state index contributed by atoms with van der Waals surface area (Å²) in [7, 11) is 1.72. The summed E-state index contributed by atoms with van der Waals surface area (Å²) in [4.78, 5) is 2.31. The molecule has 1 unspecified atom stereocenters. The Kier molecular flexibility index (Phi) is 5.65. The summed E-state index contributed by atoms with van der Waals surface area (Å²) in [6.45, 7) is 5.95. The molecule has 0 spiro atoms. The van der Waals surface area contributed by atoms with Gasteiger partial charge in [0.15, 0.2) is 0 Å². The van der Waals surface area contributed by atoms with E-state index in [4.69, 9.17) is 15.9 Å². The first-order valence-electron chi connectivity index (χ1n) is 6.30. The maximum absolute atomic E-state index is 7.39. The van der Waals surface area contributed by atoms with Crippen LogP contribution in [0.25, 0.3) is 0 Å². The number of nitrogens with two attached hydrogens (primary N) is 1. The molecular formula is C14H23N3O. The summed E-state index contributed by atoms with van der Waals surface area (Å²) >= 11 is 0. The quantitative estimate of drug-likeness (QED) is 0.575. The molecule has 0 amide bonds. The van der Waals surface area contributed by atoms with Crippen LogP contribution in [0.15, 0.2) is 24.3 Å². The van der Waals surface area contributed by atoms with Crippen LogP contribution < -0.4 is 10.6 Å². The first-order chi connectivity index (χ1) is 8.60. The van der Waals surface area contributed by atoms with Gasteiger partial charge in [0.1, 0.15) is 5.84 Å². The molecule has 0 radical (unpaired) electrons. The van der Waals surface area contributed by atoms with Crippen LogP contribution in [-0.2, 0) is 4.74 Å². The number of nitrogens with one attached hydrogen (secondary N) is 1. The molecule has 0 bridgehead atoms. The van der Waals surface area contributed by atoms with Crippen molar-refractivity contribution in [3.63, 3.8) is 0 Å². The largest absolute Gasteiger partial charge is 0.384 e. The first kappa shape index (κ1) is 14.5. The van der Waals surface area contributed by atoms with Gasteiger partial charge >= 0.3 is 0 Å². The Morgan fingerprint density at radius 3 is 2.44 bits per heavy atom. The SMILES string of the molecule is CCC(C)N(CCOC)c1ccc(C(=N)N)cc1. The minimum atomic E-state index is 0.105. The zero-order valence-electron chi connectivity index (χ0n) is 11.4. The molecule has 1 aromatic rings. The van der Waals surface area contributed by atoms with E-state index in [2.05, 4.69) is 18.7 Å². The predicted octanol–water partition coefficient (Wildman–Crippen LogP) is 2.22. The summed E-state index contributed by atoms with van der Waals surface area (Å²) in [6.07, 6.45) is 1.08. The minimum Gasteiger partial charge on any atom is -0.384 e. The lowest BCUT2D eigenvalue weighted by molar-refractivity contribution is 0.203. The van der Waals surface area contributed by atoms with E-state index < -0.39 is 0 Å². The fraction of sp³-hybridized carbons (Fsp3) is 0.500. The lowest BCUT2D eigenvalue weighted by Gasteiger charge is -2.30. The number of methoxy groups -OCH3 is 1. The molecule has 1 aromatic carbocycles.